The first-order valence-electron chi connectivity index (χ1n) is 10.4. The number of carbonyl (C=O) groups is 2. The molecule has 30 heavy (non-hydrogen) atoms. The van der Waals surface area contributed by atoms with Crippen LogP contribution in [0.2, 0.25) is 0 Å². The molecule has 3 amide bonds. The largest absolute Gasteiger partial charge is 0.368 e. The van der Waals surface area contributed by atoms with E-state index in [1.54, 1.807) is 0 Å². The molecule has 0 unspecified atom stereocenters. The summed E-state index contributed by atoms with van der Waals surface area (Å²) < 4.78 is 0. The maximum absolute atomic E-state index is 12.5. The minimum absolute atomic E-state index is 0.0512. The Morgan fingerprint density at radius 2 is 1.43 bits per heavy atom. The Balaban J connectivity index is 1.47. The van der Waals surface area contributed by atoms with Crippen molar-refractivity contribution < 1.29 is 9.59 Å². The summed E-state index contributed by atoms with van der Waals surface area (Å²) in [6.45, 7) is 9.20. The molecule has 0 saturated carbocycles. The van der Waals surface area contributed by atoms with Gasteiger partial charge in [0.25, 0.3) is 0 Å². The van der Waals surface area contributed by atoms with E-state index in [0.29, 0.717) is 19.6 Å². The molecule has 1 heterocycles. The molecular formula is C23H31N5O2. The Morgan fingerprint density at radius 3 is 2.03 bits per heavy atom. The summed E-state index contributed by atoms with van der Waals surface area (Å²) in [7, 11) is 0. The van der Waals surface area contributed by atoms with E-state index in [-0.39, 0.29) is 18.0 Å². The summed E-state index contributed by atoms with van der Waals surface area (Å²) in [6.07, 6.45) is 0. The van der Waals surface area contributed by atoms with Gasteiger partial charge in [0.15, 0.2) is 0 Å². The highest BCUT2D eigenvalue weighted by Crippen LogP contribution is 2.20. The zero-order chi connectivity index (χ0) is 21.5. The minimum atomic E-state index is -0.0634. The van der Waals surface area contributed by atoms with E-state index in [2.05, 4.69) is 20.9 Å². The van der Waals surface area contributed by atoms with E-state index in [1.807, 2.05) is 74.2 Å². The van der Waals surface area contributed by atoms with Gasteiger partial charge in [-0.15, -0.1) is 0 Å². The lowest BCUT2D eigenvalue weighted by Gasteiger charge is -2.36. The van der Waals surface area contributed by atoms with Crippen LogP contribution in [-0.2, 0) is 4.79 Å². The highest BCUT2D eigenvalue weighted by Gasteiger charge is 2.21. The first-order valence-corrected chi connectivity index (χ1v) is 10.4. The second-order valence-electron chi connectivity index (χ2n) is 7.90. The Kier molecular flexibility index (Phi) is 7.30. The summed E-state index contributed by atoms with van der Waals surface area (Å²) >= 11 is 0. The molecule has 0 spiro atoms. The second-order valence-corrected chi connectivity index (χ2v) is 7.90. The fourth-order valence-corrected chi connectivity index (χ4v) is 3.26. The van der Waals surface area contributed by atoms with Crippen LogP contribution in [0.3, 0.4) is 0 Å². The molecule has 1 aliphatic rings. The summed E-state index contributed by atoms with van der Waals surface area (Å²) in [4.78, 5) is 28.5. The predicted octanol–water partition coefficient (Wildman–Crippen LogP) is 3.29. The lowest BCUT2D eigenvalue weighted by atomic mass is 10.2. The smallest absolute Gasteiger partial charge is 0.321 e. The molecule has 1 fully saturated rings. The number of amides is 3. The molecule has 0 aliphatic carbocycles. The lowest BCUT2D eigenvalue weighted by molar-refractivity contribution is -0.115. The van der Waals surface area contributed by atoms with Crippen LogP contribution in [0.1, 0.15) is 19.4 Å². The molecule has 160 valence electrons. The van der Waals surface area contributed by atoms with Gasteiger partial charge in [0.1, 0.15) is 0 Å². The molecule has 7 nitrogen and oxygen atoms in total. The molecule has 2 aromatic rings. The van der Waals surface area contributed by atoms with Crippen molar-refractivity contribution in [3.8, 4) is 0 Å². The zero-order valence-corrected chi connectivity index (χ0v) is 17.9. The quantitative estimate of drug-likeness (QED) is 0.684. The molecular weight excluding hydrogens is 378 g/mol. The first-order chi connectivity index (χ1) is 14.4. The van der Waals surface area contributed by atoms with Crippen LogP contribution >= 0.6 is 0 Å². The number of rotatable bonds is 6. The normalized spacial score (nSPS) is 14.0. The third-order valence-corrected chi connectivity index (χ3v) is 5.06. The Labute approximate surface area is 178 Å². The molecule has 7 heteroatoms. The van der Waals surface area contributed by atoms with Gasteiger partial charge in [-0.05, 0) is 43.3 Å². The van der Waals surface area contributed by atoms with Gasteiger partial charge in [-0.2, -0.15) is 0 Å². The van der Waals surface area contributed by atoms with Crippen LogP contribution in [0.25, 0.3) is 0 Å². The van der Waals surface area contributed by atoms with E-state index < -0.39 is 0 Å². The number of aryl methyl sites for hydroxylation is 1. The van der Waals surface area contributed by atoms with Gasteiger partial charge in [-0.1, -0.05) is 31.5 Å². The number of hydrogen-bond donors (Lipinski definition) is 3. The lowest BCUT2D eigenvalue weighted by Crippen LogP contribution is -2.50. The number of hydrogen-bond acceptors (Lipinski definition) is 4. The number of nitrogens with one attached hydrogen (secondary N) is 3. The van der Waals surface area contributed by atoms with Crippen molar-refractivity contribution in [3.05, 3.63) is 54.1 Å². The van der Waals surface area contributed by atoms with Crippen molar-refractivity contribution in [3.63, 3.8) is 0 Å². The van der Waals surface area contributed by atoms with E-state index in [9.17, 15) is 9.59 Å². The number of carbonyl (C=O) groups excluding carboxylic acids is 2. The average molecular weight is 410 g/mol. The van der Waals surface area contributed by atoms with Gasteiger partial charge in [0, 0.05) is 49.3 Å². The Hall–Kier alpha value is -3.06. The van der Waals surface area contributed by atoms with Gasteiger partial charge in [0.05, 0.1) is 6.54 Å². The van der Waals surface area contributed by atoms with Crippen molar-refractivity contribution in [2.24, 2.45) is 0 Å². The maximum atomic E-state index is 12.5. The molecule has 0 radical (unpaired) electrons. The van der Waals surface area contributed by atoms with E-state index in [1.165, 1.54) is 5.56 Å². The van der Waals surface area contributed by atoms with Gasteiger partial charge in [0.2, 0.25) is 5.91 Å². The van der Waals surface area contributed by atoms with Crippen molar-refractivity contribution in [1.82, 2.24) is 10.2 Å². The van der Waals surface area contributed by atoms with Gasteiger partial charge in [-0.25, -0.2) is 4.79 Å². The molecule has 3 N–H and O–H groups in total. The van der Waals surface area contributed by atoms with Crippen LogP contribution < -0.4 is 20.9 Å². The summed E-state index contributed by atoms with van der Waals surface area (Å²) in [5.41, 5.74) is 3.85. The molecule has 1 aliphatic heterocycles. The second kappa shape index (κ2) is 10.1. The molecule has 0 bridgehead atoms. The monoisotopic (exact) mass is 409 g/mol. The van der Waals surface area contributed by atoms with Crippen molar-refractivity contribution >= 4 is 29.0 Å². The standard InChI is InChI=1S/C23H31N5O2/c1-17(2)24-16-22(29)25-19-8-10-21(11-9-19)27-12-14-28(15-13-27)23(30)26-20-6-4-18(3)5-7-20/h4-11,17,24H,12-16H2,1-3H3,(H,25,29)(H,26,30). The SMILES string of the molecule is Cc1ccc(NC(=O)N2CCN(c3ccc(NC(=O)CNC(C)C)cc3)CC2)cc1. The van der Waals surface area contributed by atoms with Crippen LogP contribution in [-0.4, -0.2) is 55.6 Å². The summed E-state index contributed by atoms with van der Waals surface area (Å²) in [6, 6.07) is 15.9. The van der Waals surface area contributed by atoms with Crippen LogP contribution in [0.4, 0.5) is 21.9 Å². The number of nitrogens with zero attached hydrogens (tertiary/aromatic N) is 2. The van der Waals surface area contributed by atoms with Crippen molar-refractivity contribution in [2.75, 3.05) is 48.3 Å². The maximum Gasteiger partial charge on any atom is 0.321 e. The van der Waals surface area contributed by atoms with E-state index >= 15 is 0 Å². The van der Waals surface area contributed by atoms with Crippen LogP contribution in [0.5, 0.6) is 0 Å². The third kappa shape index (κ3) is 6.22. The predicted molar refractivity (Wildman–Crippen MR) is 122 cm³/mol. The van der Waals surface area contributed by atoms with Crippen LogP contribution in [0, 0.1) is 6.92 Å². The molecule has 1 saturated heterocycles. The zero-order valence-electron chi connectivity index (χ0n) is 17.9. The highest BCUT2D eigenvalue weighted by molar-refractivity contribution is 5.92. The Morgan fingerprint density at radius 1 is 0.867 bits per heavy atom. The average Bonchev–Trinajstić information content (AvgIpc) is 2.74. The van der Waals surface area contributed by atoms with Gasteiger partial charge >= 0.3 is 6.03 Å². The number of benzene rings is 2. The van der Waals surface area contributed by atoms with E-state index in [0.717, 1.165) is 30.2 Å². The third-order valence-electron chi connectivity index (χ3n) is 5.06. The first kappa shape index (κ1) is 21.6. The molecule has 0 atom stereocenters. The van der Waals surface area contributed by atoms with E-state index in [4.69, 9.17) is 0 Å². The summed E-state index contributed by atoms with van der Waals surface area (Å²) in [5.74, 6) is -0.0512. The van der Waals surface area contributed by atoms with Crippen LogP contribution in [0.15, 0.2) is 48.5 Å². The van der Waals surface area contributed by atoms with Gasteiger partial charge in [-0.3, -0.25) is 4.79 Å². The molecule has 2 aromatic carbocycles. The Bertz CT molecular complexity index is 841. The fourth-order valence-electron chi connectivity index (χ4n) is 3.26. The fraction of sp³-hybridized carbons (Fsp3) is 0.391. The highest BCUT2D eigenvalue weighted by atomic mass is 16.2. The number of urea groups is 1. The van der Waals surface area contributed by atoms with Crippen molar-refractivity contribution in [2.45, 2.75) is 26.8 Å². The van der Waals surface area contributed by atoms with Gasteiger partial charge < -0.3 is 25.8 Å². The number of anilines is 3. The summed E-state index contributed by atoms with van der Waals surface area (Å²) in [5, 5.41) is 8.96. The molecule has 3 rings (SSSR count). The minimum Gasteiger partial charge on any atom is -0.368 e. The van der Waals surface area contributed by atoms with Crippen molar-refractivity contribution in [1.29, 1.82) is 0 Å². The number of piperazine rings is 1. The topological polar surface area (TPSA) is 76.7 Å². The molecule has 0 aromatic heterocycles.